The van der Waals surface area contributed by atoms with E-state index in [1.54, 1.807) is 12.3 Å². The Labute approximate surface area is 108 Å². The Bertz CT molecular complexity index is 537. The zero-order chi connectivity index (χ0) is 12.4. The van der Waals surface area contributed by atoms with Gasteiger partial charge in [-0.25, -0.2) is 9.37 Å². The molecule has 0 atom stereocenters. The van der Waals surface area contributed by atoms with Gasteiger partial charge in [0, 0.05) is 17.2 Å². The van der Waals surface area contributed by atoms with Crippen LogP contribution >= 0.6 is 15.9 Å². The Morgan fingerprint density at radius 1 is 1.47 bits per heavy atom. The molecule has 0 aliphatic rings. The minimum atomic E-state index is -0.248. The third-order valence-electron chi connectivity index (χ3n) is 2.69. The molecule has 1 heterocycles. The van der Waals surface area contributed by atoms with E-state index in [-0.39, 0.29) is 5.82 Å². The largest absolute Gasteiger partial charge is 0.327 e. The second-order valence-corrected chi connectivity index (χ2v) is 4.68. The van der Waals surface area contributed by atoms with E-state index in [1.807, 2.05) is 11.5 Å². The summed E-state index contributed by atoms with van der Waals surface area (Å²) in [6.45, 7) is 3.01. The molecule has 0 aliphatic heterocycles. The maximum atomic E-state index is 13.0. The average molecular weight is 298 g/mol. The SMILES string of the molecule is Cc1ncc(CN)n1Cc1ccc(F)cc1Br. The molecule has 0 amide bonds. The van der Waals surface area contributed by atoms with Crippen molar-refractivity contribution in [2.45, 2.75) is 20.0 Å². The standard InChI is InChI=1S/C12H13BrFN3/c1-8-16-6-11(5-15)17(8)7-9-2-3-10(14)4-12(9)13/h2-4,6H,5,7,15H2,1H3. The zero-order valence-electron chi connectivity index (χ0n) is 9.45. The highest BCUT2D eigenvalue weighted by atomic mass is 79.9. The number of benzene rings is 1. The van der Waals surface area contributed by atoms with Crippen LogP contribution in [0.5, 0.6) is 0 Å². The van der Waals surface area contributed by atoms with Crippen molar-refractivity contribution in [3.63, 3.8) is 0 Å². The molecular weight excluding hydrogens is 285 g/mol. The first kappa shape index (κ1) is 12.3. The van der Waals surface area contributed by atoms with Crippen LogP contribution in [0.2, 0.25) is 0 Å². The van der Waals surface area contributed by atoms with Gasteiger partial charge in [-0.1, -0.05) is 22.0 Å². The normalized spacial score (nSPS) is 10.8. The number of aromatic nitrogens is 2. The molecule has 2 N–H and O–H groups in total. The van der Waals surface area contributed by atoms with Crippen LogP contribution in [-0.4, -0.2) is 9.55 Å². The summed E-state index contributed by atoms with van der Waals surface area (Å²) in [5.41, 5.74) is 7.62. The maximum absolute atomic E-state index is 13.0. The Morgan fingerprint density at radius 3 is 2.88 bits per heavy atom. The Kier molecular flexibility index (Phi) is 3.59. The summed E-state index contributed by atoms with van der Waals surface area (Å²) in [5.74, 6) is 0.656. The lowest BCUT2D eigenvalue weighted by Gasteiger charge is -2.10. The molecule has 0 fully saturated rings. The van der Waals surface area contributed by atoms with Crippen LogP contribution in [0.25, 0.3) is 0 Å². The van der Waals surface area contributed by atoms with Crippen molar-refractivity contribution in [2.75, 3.05) is 0 Å². The van der Waals surface area contributed by atoms with Gasteiger partial charge in [-0.3, -0.25) is 0 Å². The van der Waals surface area contributed by atoms with Crippen molar-refractivity contribution in [3.8, 4) is 0 Å². The van der Waals surface area contributed by atoms with E-state index in [0.29, 0.717) is 13.1 Å². The van der Waals surface area contributed by atoms with Crippen molar-refractivity contribution < 1.29 is 4.39 Å². The lowest BCUT2D eigenvalue weighted by Crippen LogP contribution is -2.10. The van der Waals surface area contributed by atoms with Gasteiger partial charge in [0.1, 0.15) is 11.6 Å². The monoisotopic (exact) mass is 297 g/mol. The van der Waals surface area contributed by atoms with Crippen LogP contribution in [0, 0.1) is 12.7 Å². The molecular formula is C12H13BrFN3. The number of nitrogens with zero attached hydrogens (tertiary/aromatic N) is 2. The molecule has 0 saturated heterocycles. The van der Waals surface area contributed by atoms with Crippen LogP contribution in [0.3, 0.4) is 0 Å². The van der Waals surface area contributed by atoms with Crippen LogP contribution in [0.4, 0.5) is 4.39 Å². The first-order chi connectivity index (χ1) is 8.11. The lowest BCUT2D eigenvalue weighted by atomic mass is 10.2. The average Bonchev–Trinajstić information content (AvgIpc) is 2.64. The van der Waals surface area contributed by atoms with Gasteiger partial charge in [-0.05, 0) is 24.6 Å². The van der Waals surface area contributed by atoms with Crippen molar-refractivity contribution >= 4 is 15.9 Å². The van der Waals surface area contributed by atoms with Crippen molar-refractivity contribution in [1.29, 1.82) is 0 Å². The number of nitrogens with two attached hydrogens (primary N) is 1. The number of hydrogen-bond donors (Lipinski definition) is 1. The number of halogens is 2. The fraction of sp³-hybridized carbons (Fsp3) is 0.250. The van der Waals surface area contributed by atoms with E-state index in [9.17, 15) is 4.39 Å². The summed E-state index contributed by atoms with van der Waals surface area (Å²) < 4.78 is 15.8. The van der Waals surface area contributed by atoms with Crippen molar-refractivity contribution in [3.05, 3.63) is 51.8 Å². The van der Waals surface area contributed by atoms with E-state index in [2.05, 4.69) is 20.9 Å². The second-order valence-electron chi connectivity index (χ2n) is 3.82. The fourth-order valence-electron chi connectivity index (χ4n) is 1.71. The molecule has 0 saturated carbocycles. The molecule has 1 aromatic heterocycles. The van der Waals surface area contributed by atoms with Crippen LogP contribution in [0.15, 0.2) is 28.9 Å². The minimum Gasteiger partial charge on any atom is -0.327 e. The molecule has 1 aromatic carbocycles. The van der Waals surface area contributed by atoms with E-state index >= 15 is 0 Å². The summed E-state index contributed by atoms with van der Waals surface area (Å²) in [6.07, 6.45) is 1.77. The van der Waals surface area contributed by atoms with Crippen molar-refractivity contribution in [1.82, 2.24) is 9.55 Å². The number of hydrogen-bond acceptors (Lipinski definition) is 2. The van der Waals surface area contributed by atoms with Gasteiger partial charge in [-0.2, -0.15) is 0 Å². The highest BCUT2D eigenvalue weighted by Gasteiger charge is 2.08. The zero-order valence-corrected chi connectivity index (χ0v) is 11.0. The number of rotatable bonds is 3. The molecule has 0 spiro atoms. The van der Waals surface area contributed by atoms with Gasteiger partial charge >= 0.3 is 0 Å². The van der Waals surface area contributed by atoms with Gasteiger partial charge in [0.15, 0.2) is 0 Å². The lowest BCUT2D eigenvalue weighted by molar-refractivity contribution is 0.624. The molecule has 5 heteroatoms. The van der Waals surface area contributed by atoms with E-state index in [0.717, 1.165) is 21.6 Å². The molecule has 3 nitrogen and oxygen atoms in total. The Balaban J connectivity index is 2.34. The van der Waals surface area contributed by atoms with Gasteiger partial charge in [-0.15, -0.1) is 0 Å². The van der Waals surface area contributed by atoms with Gasteiger partial charge in [0.2, 0.25) is 0 Å². The molecule has 2 aromatic rings. The summed E-state index contributed by atoms with van der Waals surface area (Å²) in [6, 6.07) is 4.68. The second kappa shape index (κ2) is 4.98. The molecule has 17 heavy (non-hydrogen) atoms. The van der Waals surface area contributed by atoms with Crippen LogP contribution < -0.4 is 5.73 Å². The molecule has 0 radical (unpaired) electrons. The molecule has 0 unspecified atom stereocenters. The topological polar surface area (TPSA) is 43.8 Å². The Hall–Kier alpha value is -1.20. The Morgan fingerprint density at radius 2 is 2.24 bits per heavy atom. The van der Waals surface area contributed by atoms with Gasteiger partial charge in [0.25, 0.3) is 0 Å². The predicted molar refractivity (Wildman–Crippen MR) is 68.1 cm³/mol. The molecule has 0 bridgehead atoms. The van der Waals surface area contributed by atoms with E-state index < -0.39 is 0 Å². The smallest absolute Gasteiger partial charge is 0.124 e. The number of imidazole rings is 1. The van der Waals surface area contributed by atoms with Gasteiger partial charge < -0.3 is 10.3 Å². The van der Waals surface area contributed by atoms with E-state index in [4.69, 9.17) is 5.73 Å². The van der Waals surface area contributed by atoms with Crippen molar-refractivity contribution in [2.24, 2.45) is 5.73 Å². The highest BCUT2D eigenvalue weighted by Crippen LogP contribution is 2.20. The molecule has 2 rings (SSSR count). The maximum Gasteiger partial charge on any atom is 0.124 e. The summed E-state index contributed by atoms with van der Waals surface area (Å²) >= 11 is 3.36. The highest BCUT2D eigenvalue weighted by molar-refractivity contribution is 9.10. The predicted octanol–water partition coefficient (Wildman–Crippen LogP) is 2.60. The summed E-state index contributed by atoms with van der Waals surface area (Å²) in [5, 5.41) is 0. The summed E-state index contributed by atoms with van der Waals surface area (Å²) in [4.78, 5) is 4.22. The fourth-order valence-corrected chi connectivity index (χ4v) is 2.19. The van der Waals surface area contributed by atoms with E-state index in [1.165, 1.54) is 12.1 Å². The quantitative estimate of drug-likeness (QED) is 0.946. The van der Waals surface area contributed by atoms with Crippen LogP contribution in [-0.2, 0) is 13.1 Å². The summed E-state index contributed by atoms with van der Waals surface area (Å²) in [7, 11) is 0. The molecule has 90 valence electrons. The van der Waals surface area contributed by atoms with Crippen LogP contribution in [0.1, 0.15) is 17.1 Å². The number of aryl methyl sites for hydroxylation is 1. The third kappa shape index (κ3) is 2.56. The third-order valence-corrected chi connectivity index (χ3v) is 3.43. The minimum absolute atomic E-state index is 0.248. The molecule has 0 aliphatic carbocycles. The first-order valence-corrected chi connectivity index (χ1v) is 6.06. The van der Waals surface area contributed by atoms with Gasteiger partial charge in [0.05, 0.1) is 12.2 Å². The first-order valence-electron chi connectivity index (χ1n) is 5.27.